The van der Waals surface area contributed by atoms with Gasteiger partial charge in [-0.15, -0.1) is 0 Å². The van der Waals surface area contributed by atoms with Crippen LogP contribution in [0.5, 0.6) is 11.5 Å². The smallest absolute Gasteiger partial charge is 0.422 e. The lowest BCUT2D eigenvalue weighted by molar-refractivity contribution is -0.384. The lowest BCUT2D eigenvalue weighted by atomic mass is 10.0. The third-order valence-corrected chi connectivity index (χ3v) is 6.10. The minimum absolute atomic E-state index is 0.0192. The van der Waals surface area contributed by atoms with Gasteiger partial charge < -0.3 is 9.64 Å². The number of nitro groups is 1. The van der Waals surface area contributed by atoms with Gasteiger partial charge in [0.1, 0.15) is 22.7 Å². The Labute approximate surface area is 198 Å². The summed E-state index contributed by atoms with van der Waals surface area (Å²) in [4.78, 5) is 13.7. The highest BCUT2D eigenvalue weighted by molar-refractivity contribution is 7.85. The number of hydrogen-bond acceptors (Lipinski definition) is 8. The number of hydrogen-bond donors (Lipinski definition) is 0. The second kappa shape index (κ2) is 9.94. The largest absolute Gasteiger partial charge is 0.455 e. The second-order valence-corrected chi connectivity index (χ2v) is 9.71. The Bertz CT molecular complexity index is 1180. The molecule has 1 atom stereocenters. The van der Waals surface area contributed by atoms with Crippen LogP contribution in [0.15, 0.2) is 36.4 Å². The first kappa shape index (κ1) is 26.0. The summed E-state index contributed by atoms with van der Waals surface area (Å²) >= 11 is 6.02. The highest BCUT2D eigenvalue weighted by atomic mass is 35.5. The lowest BCUT2D eigenvalue weighted by Gasteiger charge is -2.40. The standard InChI is InChI=1S/C20H21ClF3N3O6S/c1-25-9-10-26(11-13(25)12-32-34(2,30)31)19-15(27(28)29)7-8-17(18(19)20(22,23)24)33-16-6-4-3-5-14(16)21/h3-8,13H,9-12H2,1-2H3/t13-/m1/s1. The zero-order valence-electron chi connectivity index (χ0n) is 18.1. The number of alkyl halides is 3. The average molecular weight is 524 g/mol. The number of anilines is 1. The number of nitro benzene ring substituents is 1. The van der Waals surface area contributed by atoms with Crippen LogP contribution in [0.1, 0.15) is 5.56 Å². The molecule has 0 spiro atoms. The maximum Gasteiger partial charge on any atom is 0.422 e. The summed E-state index contributed by atoms with van der Waals surface area (Å²) in [6.07, 6.45) is -4.16. The number of rotatable bonds is 7. The fourth-order valence-electron chi connectivity index (χ4n) is 3.57. The SMILES string of the molecule is CN1CCN(c2c([N+](=O)[O-])ccc(Oc3ccccc3Cl)c2C(F)(F)F)C[C@@H]1COS(C)(=O)=O. The van der Waals surface area contributed by atoms with Crippen LogP contribution >= 0.6 is 11.6 Å². The van der Waals surface area contributed by atoms with Crippen molar-refractivity contribution in [1.29, 1.82) is 0 Å². The van der Waals surface area contributed by atoms with Crippen molar-refractivity contribution in [1.82, 2.24) is 4.90 Å². The Kier molecular flexibility index (Phi) is 7.60. The molecule has 2 aromatic carbocycles. The topological polar surface area (TPSA) is 102 Å². The van der Waals surface area contributed by atoms with Gasteiger partial charge >= 0.3 is 6.18 Å². The summed E-state index contributed by atoms with van der Waals surface area (Å²) in [5.74, 6) is -0.698. The molecule has 0 saturated carbocycles. The van der Waals surface area contributed by atoms with E-state index in [1.165, 1.54) is 23.1 Å². The van der Waals surface area contributed by atoms with Crippen molar-refractivity contribution in [3.05, 3.63) is 57.1 Å². The number of benzene rings is 2. The van der Waals surface area contributed by atoms with Crippen molar-refractivity contribution in [2.24, 2.45) is 0 Å². The minimum atomic E-state index is -5.01. The van der Waals surface area contributed by atoms with Crippen molar-refractivity contribution in [2.45, 2.75) is 12.2 Å². The molecule has 1 aliphatic heterocycles. The molecule has 0 aliphatic carbocycles. The Morgan fingerprint density at radius 3 is 2.44 bits per heavy atom. The van der Waals surface area contributed by atoms with Gasteiger partial charge in [0.25, 0.3) is 15.8 Å². The molecule has 1 saturated heterocycles. The van der Waals surface area contributed by atoms with Crippen molar-refractivity contribution >= 4 is 33.1 Å². The summed E-state index contributed by atoms with van der Waals surface area (Å²) in [5.41, 5.74) is -2.75. The zero-order valence-corrected chi connectivity index (χ0v) is 19.7. The molecule has 2 aromatic rings. The predicted octanol–water partition coefficient (Wildman–Crippen LogP) is 4.16. The van der Waals surface area contributed by atoms with Crippen LogP contribution in [-0.2, 0) is 20.5 Å². The van der Waals surface area contributed by atoms with Gasteiger partial charge in [0, 0.05) is 25.7 Å². The molecule has 0 unspecified atom stereocenters. The Morgan fingerprint density at radius 1 is 1.18 bits per heavy atom. The molecule has 1 aliphatic rings. The first-order valence-corrected chi connectivity index (χ1v) is 12.1. The molecule has 9 nitrogen and oxygen atoms in total. The normalized spacial score (nSPS) is 17.6. The van der Waals surface area contributed by atoms with Gasteiger partial charge in [-0.3, -0.25) is 19.2 Å². The summed E-state index contributed by atoms with van der Waals surface area (Å²) in [6.45, 7) is -0.241. The zero-order chi connectivity index (χ0) is 25.3. The molecular formula is C20H21ClF3N3O6S. The molecule has 3 rings (SSSR count). The molecular weight excluding hydrogens is 503 g/mol. The fourth-order valence-corrected chi connectivity index (χ4v) is 4.14. The summed E-state index contributed by atoms with van der Waals surface area (Å²) in [7, 11) is -2.14. The lowest BCUT2D eigenvalue weighted by Crippen LogP contribution is -2.54. The van der Waals surface area contributed by atoms with Crippen LogP contribution in [-0.4, -0.2) is 63.8 Å². The van der Waals surface area contributed by atoms with Gasteiger partial charge in [-0.05, 0) is 25.2 Å². The van der Waals surface area contributed by atoms with Crippen LogP contribution < -0.4 is 9.64 Å². The summed E-state index contributed by atoms with van der Waals surface area (Å²) in [5, 5.41) is 11.8. The monoisotopic (exact) mass is 523 g/mol. The molecule has 0 N–H and O–H groups in total. The molecule has 186 valence electrons. The van der Waals surface area contributed by atoms with E-state index in [4.69, 9.17) is 20.5 Å². The van der Waals surface area contributed by atoms with E-state index in [9.17, 15) is 31.7 Å². The molecule has 34 heavy (non-hydrogen) atoms. The number of likely N-dealkylation sites (N-methyl/N-ethyl adjacent to an activating group) is 1. The highest BCUT2D eigenvalue weighted by Gasteiger charge is 2.44. The summed E-state index contributed by atoms with van der Waals surface area (Å²) < 4.78 is 76.0. The predicted molar refractivity (Wildman–Crippen MR) is 119 cm³/mol. The highest BCUT2D eigenvalue weighted by Crippen LogP contribution is 2.49. The quantitative estimate of drug-likeness (QED) is 0.303. The van der Waals surface area contributed by atoms with Crippen LogP contribution in [0.25, 0.3) is 0 Å². The molecule has 0 bridgehead atoms. The van der Waals surface area contributed by atoms with Crippen molar-refractivity contribution < 1.29 is 35.4 Å². The molecule has 1 heterocycles. The molecule has 1 fully saturated rings. The minimum Gasteiger partial charge on any atom is -0.455 e. The van der Waals surface area contributed by atoms with E-state index < -0.39 is 49.9 Å². The number of piperazine rings is 1. The van der Waals surface area contributed by atoms with E-state index >= 15 is 0 Å². The number of ether oxygens (including phenoxy) is 1. The third kappa shape index (κ3) is 6.09. The van der Waals surface area contributed by atoms with Crippen molar-refractivity contribution in [2.75, 3.05) is 44.4 Å². The van der Waals surface area contributed by atoms with E-state index in [0.29, 0.717) is 0 Å². The van der Waals surface area contributed by atoms with E-state index in [0.717, 1.165) is 18.4 Å². The van der Waals surface area contributed by atoms with E-state index in [1.54, 1.807) is 18.0 Å². The maximum atomic E-state index is 14.3. The van der Waals surface area contributed by atoms with Gasteiger partial charge in [-0.2, -0.15) is 21.6 Å². The Morgan fingerprint density at radius 2 is 1.85 bits per heavy atom. The van der Waals surface area contributed by atoms with Crippen molar-refractivity contribution in [3.63, 3.8) is 0 Å². The fraction of sp³-hybridized carbons (Fsp3) is 0.400. The van der Waals surface area contributed by atoms with E-state index in [2.05, 4.69) is 0 Å². The van der Waals surface area contributed by atoms with Crippen molar-refractivity contribution in [3.8, 4) is 11.5 Å². The van der Waals surface area contributed by atoms with Crippen LogP contribution in [0.4, 0.5) is 24.5 Å². The number of halogens is 4. The first-order valence-electron chi connectivity index (χ1n) is 9.88. The summed E-state index contributed by atoms with van der Waals surface area (Å²) in [6, 6.07) is 7.08. The van der Waals surface area contributed by atoms with Gasteiger partial charge in [0.15, 0.2) is 0 Å². The van der Waals surface area contributed by atoms with E-state index in [1.807, 2.05) is 0 Å². The van der Waals surface area contributed by atoms with Gasteiger partial charge in [0.05, 0.1) is 28.9 Å². The number of nitrogens with zero attached hydrogens (tertiary/aromatic N) is 3. The average Bonchev–Trinajstić information content (AvgIpc) is 2.73. The molecule has 0 amide bonds. The molecule has 0 radical (unpaired) electrons. The van der Waals surface area contributed by atoms with Gasteiger partial charge in [0.2, 0.25) is 0 Å². The first-order chi connectivity index (χ1) is 15.8. The van der Waals surface area contributed by atoms with Crippen LogP contribution in [0.2, 0.25) is 5.02 Å². The number of para-hydroxylation sites is 1. The van der Waals surface area contributed by atoms with E-state index in [-0.39, 0.29) is 37.0 Å². The second-order valence-electron chi connectivity index (χ2n) is 7.66. The maximum absolute atomic E-state index is 14.3. The van der Waals surface area contributed by atoms with Gasteiger partial charge in [-0.1, -0.05) is 23.7 Å². The van der Waals surface area contributed by atoms with Crippen LogP contribution in [0.3, 0.4) is 0 Å². The van der Waals surface area contributed by atoms with Crippen LogP contribution in [0, 0.1) is 10.1 Å². The third-order valence-electron chi connectivity index (χ3n) is 5.22. The molecule has 14 heteroatoms. The molecule has 0 aromatic heterocycles. The Balaban J connectivity index is 2.10. The van der Waals surface area contributed by atoms with Gasteiger partial charge in [-0.25, -0.2) is 0 Å². The Hall–Kier alpha value is -2.61.